The number of pyridine rings is 1. The second kappa shape index (κ2) is 8.83. The Bertz CT molecular complexity index is 666. The van der Waals surface area contributed by atoms with Gasteiger partial charge in [-0.2, -0.15) is 0 Å². The molecule has 1 aliphatic rings. The fourth-order valence-corrected chi connectivity index (χ4v) is 3.20. The minimum atomic E-state index is -0.0997. The molecule has 2 atom stereocenters. The molecule has 1 saturated heterocycles. The maximum atomic E-state index is 12.5. The smallest absolute Gasteiger partial charge is 0.270 e. The normalized spacial score (nSPS) is 20.3. The number of furan rings is 1. The maximum absolute atomic E-state index is 12.5. The van der Waals surface area contributed by atoms with E-state index in [1.165, 1.54) is 0 Å². The molecule has 2 N–H and O–H groups in total. The Kier molecular flexibility index (Phi) is 6.79. The van der Waals surface area contributed by atoms with Gasteiger partial charge in [-0.15, -0.1) is 0 Å². The third-order valence-electron chi connectivity index (χ3n) is 4.62. The molecule has 1 aliphatic heterocycles. The molecule has 2 aromatic rings. The highest BCUT2D eigenvalue weighted by molar-refractivity contribution is 5.96. The van der Waals surface area contributed by atoms with Crippen molar-refractivity contribution in [3.8, 4) is 0 Å². The van der Waals surface area contributed by atoms with Gasteiger partial charge >= 0.3 is 0 Å². The van der Waals surface area contributed by atoms with Crippen LogP contribution in [0.1, 0.15) is 56.6 Å². The Balaban J connectivity index is 0.00000100. The second-order valence-electron chi connectivity index (χ2n) is 5.92. The average molecular weight is 331 g/mol. The predicted octanol–water partition coefficient (Wildman–Crippen LogP) is 3.53. The third-order valence-corrected chi connectivity index (χ3v) is 4.62. The van der Waals surface area contributed by atoms with Gasteiger partial charge in [0, 0.05) is 18.0 Å². The molecule has 3 rings (SSSR count). The molecule has 24 heavy (non-hydrogen) atoms. The van der Waals surface area contributed by atoms with Crippen LogP contribution in [0.5, 0.6) is 0 Å². The summed E-state index contributed by atoms with van der Waals surface area (Å²) < 4.78 is 5.45. The Hall–Kier alpha value is -1.88. The highest BCUT2D eigenvalue weighted by atomic mass is 16.3. The van der Waals surface area contributed by atoms with Crippen molar-refractivity contribution in [1.29, 1.82) is 0 Å². The van der Waals surface area contributed by atoms with Gasteiger partial charge in [-0.05, 0) is 36.9 Å². The zero-order chi connectivity index (χ0) is 17.5. The lowest BCUT2D eigenvalue weighted by molar-refractivity contribution is 0.0905. The van der Waals surface area contributed by atoms with E-state index in [1.54, 1.807) is 12.5 Å². The lowest BCUT2D eigenvalue weighted by Gasteiger charge is -2.32. The van der Waals surface area contributed by atoms with E-state index < -0.39 is 0 Å². The molecule has 5 nitrogen and oxygen atoms in total. The Morgan fingerprint density at radius 3 is 2.92 bits per heavy atom. The number of aromatic nitrogens is 1. The number of piperidine rings is 1. The molecule has 0 bridgehead atoms. The number of hydrogen-bond acceptors (Lipinski definition) is 4. The van der Waals surface area contributed by atoms with Crippen molar-refractivity contribution in [1.82, 2.24) is 15.6 Å². The van der Waals surface area contributed by atoms with E-state index in [0.717, 1.165) is 48.9 Å². The summed E-state index contributed by atoms with van der Waals surface area (Å²) in [5.41, 5.74) is 2.31. The van der Waals surface area contributed by atoms with E-state index in [9.17, 15) is 4.79 Å². The summed E-state index contributed by atoms with van der Waals surface area (Å²) >= 11 is 0. The molecule has 2 aromatic heterocycles. The van der Waals surface area contributed by atoms with Gasteiger partial charge in [0.2, 0.25) is 0 Å². The molecular weight excluding hydrogens is 302 g/mol. The first-order valence-corrected chi connectivity index (χ1v) is 9.10. The Morgan fingerprint density at radius 2 is 2.21 bits per heavy atom. The van der Waals surface area contributed by atoms with Crippen LogP contribution >= 0.6 is 0 Å². The lowest BCUT2D eigenvalue weighted by atomic mass is 9.90. The van der Waals surface area contributed by atoms with Gasteiger partial charge in [0.05, 0.1) is 12.5 Å². The molecular formula is C19H29N3O2. The van der Waals surface area contributed by atoms with E-state index >= 15 is 0 Å². The van der Waals surface area contributed by atoms with Crippen LogP contribution in [0.15, 0.2) is 22.9 Å². The summed E-state index contributed by atoms with van der Waals surface area (Å²) in [5, 5.41) is 7.47. The van der Waals surface area contributed by atoms with Crippen molar-refractivity contribution >= 4 is 16.9 Å². The van der Waals surface area contributed by atoms with Crippen molar-refractivity contribution < 1.29 is 9.21 Å². The first-order valence-electron chi connectivity index (χ1n) is 9.10. The number of nitrogens with one attached hydrogen (secondary N) is 2. The molecule has 1 amide bonds. The highest BCUT2D eigenvalue weighted by Crippen LogP contribution is 2.22. The summed E-state index contributed by atoms with van der Waals surface area (Å²) in [6, 6.07) is 2.02. The van der Waals surface area contributed by atoms with E-state index in [-0.39, 0.29) is 11.9 Å². The van der Waals surface area contributed by atoms with Crippen molar-refractivity contribution in [2.24, 2.45) is 5.92 Å². The fraction of sp³-hybridized carbons (Fsp3) is 0.579. The molecule has 0 saturated carbocycles. The van der Waals surface area contributed by atoms with Crippen LogP contribution in [0.2, 0.25) is 0 Å². The highest BCUT2D eigenvalue weighted by Gasteiger charge is 2.25. The summed E-state index contributed by atoms with van der Waals surface area (Å²) in [4.78, 5) is 16.8. The summed E-state index contributed by atoms with van der Waals surface area (Å²) in [5.74, 6) is 0.436. The third kappa shape index (κ3) is 3.96. The van der Waals surface area contributed by atoms with Crippen LogP contribution in [0, 0.1) is 5.92 Å². The summed E-state index contributed by atoms with van der Waals surface area (Å²) in [7, 11) is 0. The topological polar surface area (TPSA) is 67.2 Å². The van der Waals surface area contributed by atoms with E-state index in [4.69, 9.17) is 4.42 Å². The van der Waals surface area contributed by atoms with Gasteiger partial charge in [0.15, 0.2) is 5.58 Å². The number of aryl methyl sites for hydroxylation is 1. The largest absolute Gasteiger partial charge is 0.462 e. The number of carbonyl (C=O) groups excluding carboxylic acids is 1. The first-order chi connectivity index (χ1) is 11.7. The Labute approximate surface area is 144 Å². The number of amides is 1. The number of fused-ring (bicyclic) bond motifs is 1. The molecule has 132 valence electrons. The molecule has 0 spiro atoms. The monoisotopic (exact) mass is 331 g/mol. The van der Waals surface area contributed by atoms with Crippen LogP contribution < -0.4 is 10.6 Å². The molecule has 2 unspecified atom stereocenters. The van der Waals surface area contributed by atoms with Gasteiger partial charge < -0.3 is 15.1 Å². The number of hydrogen-bond donors (Lipinski definition) is 2. The van der Waals surface area contributed by atoms with Gasteiger partial charge in [-0.3, -0.25) is 4.79 Å². The minimum Gasteiger partial charge on any atom is -0.462 e. The van der Waals surface area contributed by atoms with Gasteiger partial charge in [-0.25, -0.2) is 4.98 Å². The SMILES string of the molecule is CC.CCc1coc2cnc(C(=O)NC3CNCCC3CC)cc12. The minimum absolute atomic E-state index is 0.0997. The van der Waals surface area contributed by atoms with Crippen molar-refractivity contribution in [3.05, 3.63) is 29.8 Å². The number of rotatable bonds is 4. The molecule has 3 heterocycles. The van der Waals surface area contributed by atoms with Crippen molar-refractivity contribution in [3.63, 3.8) is 0 Å². The molecule has 0 aliphatic carbocycles. The fourth-order valence-electron chi connectivity index (χ4n) is 3.20. The van der Waals surface area contributed by atoms with Gasteiger partial charge in [-0.1, -0.05) is 34.1 Å². The Morgan fingerprint density at radius 1 is 1.42 bits per heavy atom. The predicted molar refractivity (Wildman–Crippen MR) is 97.3 cm³/mol. The zero-order valence-corrected chi connectivity index (χ0v) is 15.2. The molecule has 0 aromatic carbocycles. The molecule has 0 radical (unpaired) electrons. The number of nitrogens with zero attached hydrogens (tertiary/aromatic N) is 1. The number of carbonyl (C=O) groups is 1. The second-order valence-corrected chi connectivity index (χ2v) is 5.92. The average Bonchev–Trinajstić information content (AvgIpc) is 3.06. The summed E-state index contributed by atoms with van der Waals surface area (Å²) in [6.07, 6.45) is 6.45. The van der Waals surface area contributed by atoms with Crippen LogP contribution in [0.4, 0.5) is 0 Å². The van der Waals surface area contributed by atoms with E-state index in [1.807, 2.05) is 19.9 Å². The van der Waals surface area contributed by atoms with Crippen molar-refractivity contribution in [2.75, 3.05) is 13.1 Å². The standard InChI is InChI=1S/C17H23N3O2.C2H6/c1-3-11-5-6-18-8-15(11)20-17(21)14-7-13-12(4-2)10-22-16(13)9-19-14;1-2/h7,9-11,15,18H,3-6,8H2,1-2H3,(H,20,21);1-2H3. The van der Waals surface area contributed by atoms with E-state index in [2.05, 4.69) is 29.5 Å². The quantitative estimate of drug-likeness (QED) is 0.899. The van der Waals surface area contributed by atoms with Gasteiger partial charge in [0.1, 0.15) is 5.69 Å². The van der Waals surface area contributed by atoms with Gasteiger partial charge in [0.25, 0.3) is 5.91 Å². The lowest BCUT2D eigenvalue weighted by Crippen LogP contribution is -2.51. The van der Waals surface area contributed by atoms with Crippen LogP contribution in [0.3, 0.4) is 0 Å². The van der Waals surface area contributed by atoms with E-state index in [0.29, 0.717) is 11.6 Å². The maximum Gasteiger partial charge on any atom is 0.270 e. The van der Waals surface area contributed by atoms with Crippen molar-refractivity contribution in [2.45, 2.75) is 53.0 Å². The summed E-state index contributed by atoms with van der Waals surface area (Å²) in [6.45, 7) is 10.1. The molecule has 1 fully saturated rings. The first kappa shape index (κ1) is 18.5. The molecule has 5 heteroatoms. The van der Waals surface area contributed by atoms with Crippen LogP contribution in [0.25, 0.3) is 11.0 Å². The zero-order valence-electron chi connectivity index (χ0n) is 15.2. The van der Waals surface area contributed by atoms with Crippen LogP contribution in [-0.2, 0) is 6.42 Å². The van der Waals surface area contributed by atoms with Crippen LogP contribution in [-0.4, -0.2) is 30.0 Å².